The number of halogens is 1. The number of carbonyl (C=O) groups is 2. The van der Waals surface area contributed by atoms with E-state index in [-0.39, 0.29) is 18.4 Å². The molecule has 2 rings (SSSR count). The molecule has 2 aromatic carbocycles. The molecule has 1 atom stereocenters. The first kappa shape index (κ1) is 24.9. The molecule has 6 heteroatoms. The van der Waals surface area contributed by atoms with E-state index in [4.69, 9.17) is 4.74 Å². The number of hydrogen-bond acceptors (Lipinski definition) is 3. The smallest absolute Gasteiger partial charge is 0.261 e. The Morgan fingerprint density at radius 2 is 1.81 bits per heavy atom. The summed E-state index contributed by atoms with van der Waals surface area (Å²) < 4.78 is 6.77. The summed E-state index contributed by atoms with van der Waals surface area (Å²) in [6, 6.07) is 13.0. The highest BCUT2D eigenvalue weighted by atomic mass is 79.9. The second kappa shape index (κ2) is 11.9. The van der Waals surface area contributed by atoms with Crippen molar-refractivity contribution in [3.63, 3.8) is 0 Å². The number of carbonyl (C=O) groups excluding carboxylic acids is 2. The summed E-state index contributed by atoms with van der Waals surface area (Å²) in [5.74, 6) is 0.626. The molecule has 1 unspecified atom stereocenters. The standard InChI is InChI=1S/C25H33BrN2O3/c1-6-23(25(30)27-14-17(2)3)28(15-20-10-8-7-9-18(20)4)24(29)16-31-21-11-12-22(26)19(5)13-21/h7-13,17,23H,6,14-16H2,1-5H3,(H,27,30). The molecule has 0 aliphatic rings. The van der Waals surface area contributed by atoms with Crippen molar-refractivity contribution in [1.29, 1.82) is 0 Å². The van der Waals surface area contributed by atoms with E-state index in [0.29, 0.717) is 31.2 Å². The van der Waals surface area contributed by atoms with Gasteiger partial charge in [0.05, 0.1) is 0 Å². The van der Waals surface area contributed by atoms with Gasteiger partial charge < -0.3 is 15.0 Å². The van der Waals surface area contributed by atoms with Gasteiger partial charge in [-0.05, 0) is 61.1 Å². The van der Waals surface area contributed by atoms with Gasteiger partial charge in [0.2, 0.25) is 5.91 Å². The van der Waals surface area contributed by atoms with E-state index in [1.807, 2.05) is 77.1 Å². The Morgan fingerprint density at radius 3 is 2.42 bits per heavy atom. The summed E-state index contributed by atoms with van der Waals surface area (Å²) in [5.41, 5.74) is 3.13. The molecule has 0 bridgehead atoms. The van der Waals surface area contributed by atoms with Crippen molar-refractivity contribution in [2.45, 2.75) is 53.6 Å². The summed E-state index contributed by atoms with van der Waals surface area (Å²) in [6.45, 7) is 10.8. The molecule has 2 aromatic rings. The fourth-order valence-electron chi connectivity index (χ4n) is 3.25. The molecule has 0 fully saturated rings. The lowest BCUT2D eigenvalue weighted by atomic mass is 10.1. The Morgan fingerprint density at radius 1 is 1.10 bits per heavy atom. The van der Waals surface area contributed by atoms with Crippen LogP contribution in [0.15, 0.2) is 46.9 Å². The lowest BCUT2D eigenvalue weighted by Gasteiger charge is -2.31. The summed E-state index contributed by atoms with van der Waals surface area (Å²) in [6.07, 6.45) is 0.527. The maximum atomic E-state index is 13.2. The van der Waals surface area contributed by atoms with Gasteiger partial charge in [-0.2, -0.15) is 0 Å². The molecule has 0 aliphatic heterocycles. The van der Waals surface area contributed by atoms with Gasteiger partial charge in [0.15, 0.2) is 6.61 Å². The van der Waals surface area contributed by atoms with Gasteiger partial charge in [-0.25, -0.2) is 0 Å². The summed E-state index contributed by atoms with van der Waals surface area (Å²) in [5, 5.41) is 2.98. The molecule has 0 aromatic heterocycles. The summed E-state index contributed by atoms with van der Waals surface area (Å²) in [4.78, 5) is 27.8. The Bertz CT molecular complexity index is 898. The number of hydrogen-bond donors (Lipinski definition) is 1. The SMILES string of the molecule is CCC(C(=O)NCC(C)C)N(Cc1ccccc1C)C(=O)COc1ccc(Br)c(C)c1. The largest absolute Gasteiger partial charge is 0.484 e. The van der Waals surface area contributed by atoms with E-state index in [9.17, 15) is 9.59 Å². The van der Waals surface area contributed by atoms with Crippen molar-refractivity contribution in [2.24, 2.45) is 5.92 Å². The fourth-order valence-corrected chi connectivity index (χ4v) is 3.49. The van der Waals surface area contributed by atoms with Gasteiger partial charge in [-0.3, -0.25) is 9.59 Å². The third-order valence-electron chi connectivity index (χ3n) is 5.16. The summed E-state index contributed by atoms with van der Waals surface area (Å²) >= 11 is 3.47. The van der Waals surface area contributed by atoms with E-state index < -0.39 is 6.04 Å². The Kier molecular flexibility index (Phi) is 9.56. The molecule has 5 nitrogen and oxygen atoms in total. The fraction of sp³-hybridized carbons (Fsp3) is 0.440. The number of rotatable bonds is 10. The molecule has 168 valence electrons. The maximum absolute atomic E-state index is 13.2. The molecule has 0 radical (unpaired) electrons. The highest BCUT2D eigenvalue weighted by molar-refractivity contribution is 9.10. The first-order valence-electron chi connectivity index (χ1n) is 10.7. The van der Waals surface area contributed by atoms with E-state index in [1.54, 1.807) is 4.90 Å². The van der Waals surface area contributed by atoms with Crippen LogP contribution in [0.2, 0.25) is 0 Å². The van der Waals surface area contributed by atoms with Crippen molar-refractivity contribution < 1.29 is 14.3 Å². The van der Waals surface area contributed by atoms with Crippen LogP contribution in [-0.4, -0.2) is 35.9 Å². The van der Waals surface area contributed by atoms with Crippen molar-refractivity contribution >= 4 is 27.7 Å². The molecule has 2 amide bonds. The van der Waals surface area contributed by atoms with Gasteiger partial charge in [0.25, 0.3) is 5.91 Å². The van der Waals surface area contributed by atoms with E-state index in [0.717, 1.165) is 21.2 Å². The third kappa shape index (κ3) is 7.39. The molecule has 0 heterocycles. The van der Waals surface area contributed by atoms with E-state index >= 15 is 0 Å². The van der Waals surface area contributed by atoms with Crippen LogP contribution in [0.4, 0.5) is 0 Å². The van der Waals surface area contributed by atoms with Crippen molar-refractivity contribution in [3.8, 4) is 5.75 Å². The van der Waals surface area contributed by atoms with Crippen LogP contribution >= 0.6 is 15.9 Å². The Hall–Kier alpha value is -2.34. The first-order valence-corrected chi connectivity index (χ1v) is 11.5. The van der Waals surface area contributed by atoms with Crippen molar-refractivity contribution in [3.05, 3.63) is 63.6 Å². The van der Waals surface area contributed by atoms with Gasteiger partial charge >= 0.3 is 0 Å². The second-order valence-corrected chi connectivity index (χ2v) is 9.07. The van der Waals surface area contributed by atoms with Crippen LogP contribution in [0.1, 0.15) is 43.9 Å². The monoisotopic (exact) mass is 488 g/mol. The topological polar surface area (TPSA) is 58.6 Å². The number of nitrogens with one attached hydrogen (secondary N) is 1. The molecule has 0 aliphatic carbocycles. The Labute approximate surface area is 194 Å². The molecule has 0 saturated carbocycles. The van der Waals surface area contributed by atoms with Gasteiger partial charge in [-0.15, -0.1) is 0 Å². The van der Waals surface area contributed by atoms with E-state index in [2.05, 4.69) is 21.2 Å². The van der Waals surface area contributed by atoms with Crippen LogP contribution < -0.4 is 10.1 Å². The number of amides is 2. The second-order valence-electron chi connectivity index (χ2n) is 8.21. The lowest BCUT2D eigenvalue weighted by Crippen LogP contribution is -2.50. The van der Waals surface area contributed by atoms with Gasteiger partial charge in [0, 0.05) is 17.6 Å². The van der Waals surface area contributed by atoms with Crippen LogP contribution in [-0.2, 0) is 16.1 Å². The zero-order chi connectivity index (χ0) is 23.0. The lowest BCUT2D eigenvalue weighted by molar-refractivity contribution is -0.143. The molecule has 31 heavy (non-hydrogen) atoms. The molecule has 1 N–H and O–H groups in total. The molecule has 0 saturated heterocycles. The minimum Gasteiger partial charge on any atom is -0.484 e. The molecular formula is C25H33BrN2O3. The number of benzene rings is 2. The minimum absolute atomic E-state index is 0.124. The average molecular weight is 489 g/mol. The number of aryl methyl sites for hydroxylation is 2. The third-order valence-corrected chi connectivity index (χ3v) is 6.05. The van der Waals surface area contributed by atoms with Crippen LogP contribution in [0.3, 0.4) is 0 Å². The highest BCUT2D eigenvalue weighted by Crippen LogP contribution is 2.22. The normalized spacial score (nSPS) is 11.8. The van der Waals surface area contributed by atoms with Crippen molar-refractivity contribution in [2.75, 3.05) is 13.2 Å². The highest BCUT2D eigenvalue weighted by Gasteiger charge is 2.29. The number of ether oxygens (including phenoxy) is 1. The van der Waals surface area contributed by atoms with Crippen LogP contribution in [0.25, 0.3) is 0 Å². The van der Waals surface area contributed by atoms with Crippen LogP contribution in [0, 0.1) is 19.8 Å². The predicted molar refractivity (Wildman–Crippen MR) is 128 cm³/mol. The Balaban J connectivity index is 2.22. The molecule has 0 spiro atoms. The maximum Gasteiger partial charge on any atom is 0.261 e. The van der Waals surface area contributed by atoms with Gasteiger partial charge in [0.1, 0.15) is 11.8 Å². The van der Waals surface area contributed by atoms with Crippen molar-refractivity contribution in [1.82, 2.24) is 10.2 Å². The quantitative estimate of drug-likeness (QED) is 0.510. The minimum atomic E-state index is -0.555. The number of nitrogens with zero attached hydrogens (tertiary/aromatic N) is 1. The zero-order valence-electron chi connectivity index (χ0n) is 19.1. The average Bonchev–Trinajstić information content (AvgIpc) is 2.74. The molecular weight excluding hydrogens is 456 g/mol. The summed E-state index contributed by atoms with van der Waals surface area (Å²) in [7, 11) is 0. The first-order chi connectivity index (χ1) is 14.7. The van der Waals surface area contributed by atoms with Gasteiger partial charge in [-0.1, -0.05) is 61.0 Å². The van der Waals surface area contributed by atoms with Crippen LogP contribution in [0.5, 0.6) is 5.75 Å². The van der Waals surface area contributed by atoms with E-state index in [1.165, 1.54) is 0 Å². The zero-order valence-corrected chi connectivity index (χ0v) is 20.7. The predicted octanol–water partition coefficient (Wildman–Crippen LogP) is 5.02.